The Labute approximate surface area is 658 Å². The molecule has 11 amide bonds. The highest BCUT2D eigenvalue weighted by Gasteiger charge is 2.50. The molecule has 614 valence electrons. The third-order valence-electron chi connectivity index (χ3n) is 22.3. The van der Waals surface area contributed by atoms with Crippen LogP contribution in [0.3, 0.4) is 0 Å². The number of Topliss-reactive ketones (excluding diaryl/α,β-unsaturated/α-hetero) is 1. The van der Waals surface area contributed by atoms with Crippen LogP contribution >= 0.6 is 0 Å². The van der Waals surface area contributed by atoms with E-state index in [9.17, 15) is 54.3 Å². The van der Waals surface area contributed by atoms with Crippen LogP contribution in [0.25, 0.3) is 10.9 Å². The van der Waals surface area contributed by atoms with E-state index in [1.807, 2.05) is 28.8 Å². The molecule has 0 radical (unpaired) electrons. The number of hydroxylamine groups is 2. The van der Waals surface area contributed by atoms with Crippen molar-refractivity contribution in [2.75, 3.05) is 46.5 Å². The first kappa shape index (κ1) is 84.6. The van der Waals surface area contributed by atoms with Gasteiger partial charge in [0, 0.05) is 114 Å². The number of aryl methyl sites for hydroxylation is 1. The van der Waals surface area contributed by atoms with Crippen molar-refractivity contribution in [3.05, 3.63) is 136 Å². The summed E-state index contributed by atoms with van der Waals surface area (Å²) in [6, 6.07) is 15.0. The van der Waals surface area contributed by atoms with Gasteiger partial charge in [-0.1, -0.05) is 67.1 Å². The Morgan fingerprint density at radius 2 is 1.41 bits per heavy atom. The summed E-state index contributed by atoms with van der Waals surface area (Å²) < 4.78 is 29.4. The highest BCUT2D eigenvalue weighted by Crippen LogP contribution is 2.33. The second kappa shape index (κ2) is 38.7. The van der Waals surface area contributed by atoms with E-state index in [0.717, 1.165) is 16.0 Å². The summed E-state index contributed by atoms with van der Waals surface area (Å²) in [5, 5.41) is 72.9. The number of aliphatic hydroxyl groups is 5. The van der Waals surface area contributed by atoms with Gasteiger partial charge in [0.15, 0.2) is 6.23 Å². The van der Waals surface area contributed by atoms with Gasteiger partial charge in [-0.3, -0.25) is 62.4 Å². The number of amides is 11. The van der Waals surface area contributed by atoms with Crippen molar-refractivity contribution in [2.24, 2.45) is 0 Å². The number of ketones is 1. The monoisotopic (exact) mass is 1580 g/mol. The van der Waals surface area contributed by atoms with Gasteiger partial charge in [-0.05, 0) is 135 Å². The number of rotatable bonds is 11. The molecule has 13 atom stereocenters. The van der Waals surface area contributed by atoms with E-state index in [-0.39, 0.29) is 83.6 Å². The van der Waals surface area contributed by atoms with Gasteiger partial charge in [0.2, 0.25) is 65.0 Å². The van der Waals surface area contributed by atoms with Gasteiger partial charge in [-0.15, -0.1) is 0 Å². The number of nitrogens with zero attached hydrogens (tertiary/aromatic N) is 5. The van der Waals surface area contributed by atoms with Crippen molar-refractivity contribution in [2.45, 2.75) is 228 Å². The number of hydrogen-bond donors (Lipinski definition) is 12. The summed E-state index contributed by atoms with van der Waals surface area (Å²) in [7, 11) is 1.48. The molecule has 3 fully saturated rings. The van der Waals surface area contributed by atoms with Gasteiger partial charge >= 0.3 is 0 Å². The van der Waals surface area contributed by atoms with E-state index < -0.39 is 195 Å². The predicted molar refractivity (Wildman–Crippen MR) is 406 cm³/mol. The minimum Gasteiger partial charge on any atom is -0.497 e. The Kier molecular flexibility index (Phi) is 28.7. The third-order valence-corrected chi connectivity index (χ3v) is 22.3. The standard InChI is InChI=1S/C81H103FN12O20/c1-47(96)69-75(106)88-60(38-49-19-24-56(112-3)25-20-49)78(109)93-35-10-31-81(93,2)80(111)83-32-29-48-15-17-50(18-16-48)43-91-34-8-7-33-90-44-53(57-41-54(82)21-27-62(57)90)40-61-77(108)92-36-30-63(70(92)76(107)89-69)113-46-66(99)84-42-52-12-9-11-51(37-52)39-59(74(105)87-61)86-73(104)58(85-65(98)13-5-4-6-14-67(91)100)26-22-55(97)23-28-68(101)94-79(110)72(103)71(102)64(45-95)114-94/h9,11-12,15-21,24-25,27,37,41,44,47,58-61,63-64,69-72,79,95-96,102-103,110H,4-8,10,13-14,22-23,26,28-36,38-40,42-43,45-46H2,1-3H3,(H,83,111)(H,84,99)(H,85,98)(H,86,104)(H,87,105)(H,88,106)(H,89,107)/t47-,58-,59+,60+,61+,63?,64?,69+,70+,71?,72?,79?,81+/m1/s1. The Morgan fingerprint density at radius 1 is 0.675 bits per heavy atom. The minimum absolute atomic E-state index is 0.0965. The van der Waals surface area contributed by atoms with Gasteiger partial charge in [0.1, 0.15) is 84.1 Å². The number of benzene rings is 4. The Morgan fingerprint density at radius 3 is 2.17 bits per heavy atom. The van der Waals surface area contributed by atoms with Crippen LogP contribution in [-0.2, 0) is 112 Å². The van der Waals surface area contributed by atoms with E-state index in [4.69, 9.17) is 14.3 Å². The molecule has 4 aromatic carbocycles. The van der Waals surface area contributed by atoms with E-state index >= 15 is 33.2 Å². The second-order valence-electron chi connectivity index (χ2n) is 30.5. The topological polar surface area (TPSA) is 436 Å². The summed E-state index contributed by atoms with van der Waals surface area (Å²) in [5.74, 6) is -9.43. The zero-order chi connectivity index (χ0) is 81.5. The maximum absolute atomic E-state index is 16.2. The van der Waals surface area contributed by atoms with Crippen LogP contribution in [-0.4, -0.2) is 246 Å². The van der Waals surface area contributed by atoms with Crippen molar-refractivity contribution in [1.29, 1.82) is 0 Å². The fourth-order valence-corrected chi connectivity index (χ4v) is 15.7. The summed E-state index contributed by atoms with van der Waals surface area (Å²) in [5.41, 5.74) is 2.60. The minimum atomic E-state index is -2.07. The molecule has 114 heavy (non-hydrogen) atoms. The largest absolute Gasteiger partial charge is 0.497 e. The number of carbonyl (C=O) groups is 12. The van der Waals surface area contributed by atoms with Crippen molar-refractivity contribution in [1.82, 2.24) is 61.5 Å². The molecule has 7 aliphatic rings. The van der Waals surface area contributed by atoms with Crippen LogP contribution in [0.15, 0.2) is 97.2 Å². The van der Waals surface area contributed by atoms with Crippen molar-refractivity contribution < 1.29 is 102 Å². The third kappa shape index (κ3) is 21.0. The van der Waals surface area contributed by atoms with E-state index in [1.165, 1.54) is 31.1 Å². The molecule has 0 aliphatic carbocycles. The van der Waals surface area contributed by atoms with Crippen LogP contribution in [0, 0.1) is 5.82 Å². The lowest BCUT2D eigenvalue weighted by atomic mass is 9.95. The molecular weight excluding hydrogens is 1480 g/mol. The highest BCUT2D eigenvalue weighted by atomic mass is 19.1. The molecule has 0 spiro atoms. The first-order valence-electron chi connectivity index (χ1n) is 39.2. The zero-order valence-electron chi connectivity index (χ0n) is 64.2. The van der Waals surface area contributed by atoms with Gasteiger partial charge < -0.3 is 91.5 Å². The Bertz CT molecular complexity index is 4330. The number of carbonyl (C=O) groups excluding carboxylic acids is 12. The van der Waals surface area contributed by atoms with Gasteiger partial charge in [-0.2, -0.15) is 5.06 Å². The predicted octanol–water partition coefficient (Wildman–Crippen LogP) is 0.368. The highest BCUT2D eigenvalue weighted by molar-refractivity contribution is 6.00. The number of aromatic nitrogens is 1. The summed E-state index contributed by atoms with van der Waals surface area (Å²) in [6.07, 6.45) is -8.78. The number of methoxy groups -OCH3 is 1. The van der Waals surface area contributed by atoms with Crippen LogP contribution < -0.4 is 42.0 Å². The van der Waals surface area contributed by atoms with Crippen LogP contribution in [0.1, 0.15) is 137 Å². The maximum atomic E-state index is 16.2. The smallest absolute Gasteiger partial charge is 0.249 e. The molecule has 8 heterocycles. The summed E-state index contributed by atoms with van der Waals surface area (Å²) in [6.45, 7) is 2.07. The fourth-order valence-electron chi connectivity index (χ4n) is 15.7. The first-order valence-corrected chi connectivity index (χ1v) is 39.2. The molecule has 7 aliphatic heterocycles. The molecule has 1 aromatic heterocycles. The average molecular weight is 1580 g/mol. The number of nitrogens with one attached hydrogen (secondary N) is 7. The molecule has 12 N–H and O–H groups in total. The number of hydrogen-bond acceptors (Lipinski definition) is 20. The number of aliphatic hydroxyl groups excluding tert-OH is 5. The Hall–Kier alpha value is -10.3. The van der Waals surface area contributed by atoms with E-state index in [0.29, 0.717) is 95.6 Å². The zero-order valence-corrected chi connectivity index (χ0v) is 64.2. The van der Waals surface area contributed by atoms with Crippen molar-refractivity contribution in [3.8, 4) is 5.75 Å². The van der Waals surface area contributed by atoms with Gasteiger partial charge in [0.25, 0.3) is 0 Å². The van der Waals surface area contributed by atoms with Crippen LogP contribution in [0.5, 0.6) is 5.75 Å². The molecule has 5 unspecified atom stereocenters. The quantitative estimate of drug-likeness (QED) is 0.0850. The van der Waals surface area contributed by atoms with Gasteiger partial charge in [-0.25, -0.2) is 4.39 Å². The molecule has 12 bridgehead atoms. The maximum Gasteiger partial charge on any atom is 0.249 e. The molecule has 12 rings (SSSR count). The van der Waals surface area contributed by atoms with Crippen LogP contribution in [0.2, 0.25) is 0 Å². The number of fused-ring (bicyclic) bond motifs is 16. The molecule has 33 heteroatoms. The van der Waals surface area contributed by atoms with Gasteiger partial charge in [0.05, 0.1) is 25.9 Å². The lowest BCUT2D eigenvalue weighted by molar-refractivity contribution is -0.335. The second-order valence-corrected chi connectivity index (χ2v) is 30.5. The average Bonchev–Trinajstić information content (AvgIpc) is 1.60. The lowest BCUT2D eigenvalue weighted by Crippen LogP contribution is -2.64. The first-order chi connectivity index (χ1) is 54.7. The summed E-state index contributed by atoms with van der Waals surface area (Å²) >= 11 is 0. The number of halogens is 1. The van der Waals surface area contributed by atoms with Crippen molar-refractivity contribution >= 4 is 81.7 Å². The lowest BCUT2D eigenvalue weighted by Gasteiger charge is -2.41. The Balaban J connectivity index is 0.989. The van der Waals surface area contributed by atoms with Crippen molar-refractivity contribution in [3.63, 3.8) is 0 Å². The fraction of sp³-hybridized carbons (Fsp3) is 0.531. The normalized spacial score (nSPS) is 27.1. The van der Waals surface area contributed by atoms with Crippen LogP contribution in [0.4, 0.5) is 4.39 Å². The molecule has 5 aromatic rings. The van der Waals surface area contributed by atoms with E-state index in [2.05, 4.69) is 37.2 Å². The molecular formula is C81H103FN12O20. The SMILES string of the molecule is COc1ccc(C[C@@H]2NC(=O)[C@H]([C@@H](C)O)NC(=O)[C@@H]3C4CCN3C(=O)[C@@H]3Cc5cn(c6ccc(F)cc56)CCCCN(Cc5ccc(cc5)CCNC(=O)[C@]5(C)CCCN5C2=O)C(=O)CCCCCC(=O)N[C@H](CCC(=O)CCC(=O)N2OC(CO)C(O)C(O)C2O)C(=O)N[C@@H](Cc2cccc(c2)CNC(=O)CO4)C(=O)N3)cc1. The van der Waals surface area contributed by atoms with E-state index in [1.54, 1.807) is 72.6 Å². The number of ether oxygens (including phenoxy) is 2. The summed E-state index contributed by atoms with van der Waals surface area (Å²) in [4.78, 5) is 187. The molecule has 3 saturated heterocycles. The molecule has 0 saturated carbocycles. The molecule has 32 nitrogen and oxygen atoms in total.